The molecule has 1 aliphatic carbocycles. The molecule has 7 heteroatoms. The van der Waals surface area contributed by atoms with E-state index in [1.807, 2.05) is 25.1 Å². The number of esters is 1. The number of thioether (sulfide) groups is 1. The first kappa shape index (κ1) is 22.6. The van der Waals surface area contributed by atoms with Crippen molar-refractivity contribution in [3.8, 4) is 11.5 Å². The van der Waals surface area contributed by atoms with E-state index in [1.165, 1.54) is 25.3 Å². The molecule has 0 spiro atoms. The van der Waals surface area contributed by atoms with Gasteiger partial charge in [-0.15, -0.1) is 0 Å². The second-order valence-electron chi connectivity index (χ2n) is 7.96. The molecule has 32 heavy (non-hydrogen) atoms. The van der Waals surface area contributed by atoms with E-state index in [4.69, 9.17) is 21.7 Å². The van der Waals surface area contributed by atoms with Crippen molar-refractivity contribution in [2.75, 3.05) is 7.11 Å². The maximum atomic E-state index is 13.0. The maximum Gasteiger partial charge on any atom is 0.343 e. The van der Waals surface area contributed by atoms with Crippen molar-refractivity contribution >= 4 is 46.3 Å². The number of carbonyl (C=O) groups is 2. The Morgan fingerprint density at radius 1 is 1.12 bits per heavy atom. The van der Waals surface area contributed by atoms with Crippen LogP contribution in [0.2, 0.25) is 0 Å². The fourth-order valence-electron chi connectivity index (χ4n) is 4.10. The summed E-state index contributed by atoms with van der Waals surface area (Å²) >= 11 is 6.85. The van der Waals surface area contributed by atoms with Crippen molar-refractivity contribution in [1.82, 2.24) is 4.90 Å². The molecule has 0 bridgehead atoms. The van der Waals surface area contributed by atoms with Crippen LogP contribution in [0.1, 0.15) is 53.6 Å². The summed E-state index contributed by atoms with van der Waals surface area (Å²) in [5, 5.41) is 0. The van der Waals surface area contributed by atoms with E-state index in [1.54, 1.807) is 35.2 Å². The number of nitrogens with zero attached hydrogens (tertiary/aromatic N) is 1. The van der Waals surface area contributed by atoms with Gasteiger partial charge in [-0.2, -0.15) is 0 Å². The fourth-order valence-corrected chi connectivity index (χ4v) is 5.50. The molecular formula is C25H25NO4S2. The first-order valence-corrected chi connectivity index (χ1v) is 11.9. The first-order valence-electron chi connectivity index (χ1n) is 10.7. The molecule has 1 heterocycles. The van der Waals surface area contributed by atoms with Gasteiger partial charge in [-0.1, -0.05) is 67.5 Å². The van der Waals surface area contributed by atoms with Gasteiger partial charge in [-0.25, -0.2) is 4.79 Å². The minimum Gasteiger partial charge on any atom is -0.493 e. The van der Waals surface area contributed by atoms with Crippen LogP contribution in [0.15, 0.2) is 47.4 Å². The normalized spacial score (nSPS) is 18.3. The number of aryl methyl sites for hydroxylation is 1. The Labute approximate surface area is 197 Å². The van der Waals surface area contributed by atoms with Gasteiger partial charge in [0, 0.05) is 6.04 Å². The third-order valence-corrected chi connectivity index (χ3v) is 7.15. The zero-order chi connectivity index (χ0) is 22.7. The highest BCUT2D eigenvalue weighted by Crippen LogP contribution is 2.38. The zero-order valence-corrected chi connectivity index (χ0v) is 19.8. The van der Waals surface area contributed by atoms with Gasteiger partial charge in [0.25, 0.3) is 5.91 Å². The fraction of sp³-hybridized carbons (Fsp3) is 0.320. The minimum absolute atomic E-state index is 0.0269. The molecule has 166 valence electrons. The predicted molar refractivity (Wildman–Crippen MR) is 131 cm³/mol. The number of methoxy groups -OCH3 is 1. The lowest BCUT2D eigenvalue weighted by Gasteiger charge is -2.29. The van der Waals surface area contributed by atoms with E-state index in [0.717, 1.165) is 36.8 Å². The van der Waals surface area contributed by atoms with Crippen LogP contribution in [0, 0.1) is 6.92 Å². The largest absolute Gasteiger partial charge is 0.493 e. The van der Waals surface area contributed by atoms with Gasteiger partial charge in [0.2, 0.25) is 0 Å². The summed E-state index contributed by atoms with van der Waals surface area (Å²) in [6.45, 7) is 1.86. The molecule has 5 nitrogen and oxygen atoms in total. The maximum absolute atomic E-state index is 13.0. The van der Waals surface area contributed by atoms with E-state index < -0.39 is 5.97 Å². The molecule has 1 amide bonds. The summed E-state index contributed by atoms with van der Waals surface area (Å²) in [4.78, 5) is 28.0. The number of amides is 1. The molecule has 1 saturated heterocycles. The van der Waals surface area contributed by atoms with Crippen molar-refractivity contribution in [3.05, 3.63) is 64.1 Å². The van der Waals surface area contributed by atoms with Gasteiger partial charge in [-0.3, -0.25) is 9.69 Å². The second kappa shape index (κ2) is 9.88. The molecule has 0 atom stereocenters. The number of rotatable bonds is 5. The van der Waals surface area contributed by atoms with E-state index in [2.05, 4.69) is 0 Å². The van der Waals surface area contributed by atoms with Crippen LogP contribution in [-0.2, 0) is 4.79 Å². The van der Waals surface area contributed by atoms with Crippen molar-refractivity contribution in [1.29, 1.82) is 0 Å². The Hall–Kier alpha value is -2.64. The van der Waals surface area contributed by atoms with Crippen LogP contribution >= 0.6 is 24.0 Å². The number of carbonyl (C=O) groups excluding carboxylic acids is 2. The Kier molecular flexibility index (Phi) is 6.96. The summed E-state index contributed by atoms with van der Waals surface area (Å²) in [7, 11) is 1.52. The van der Waals surface area contributed by atoms with Crippen LogP contribution in [0.4, 0.5) is 0 Å². The average molecular weight is 468 g/mol. The number of benzene rings is 2. The molecule has 1 saturated carbocycles. The quantitative estimate of drug-likeness (QED) is 0.241. The molecule has 0 unspecified atom stereocenters. The molecule has 2 aromatic rings. The molecule has 2 fully saturated rings. The van der Waals surface area contributed by atoms with E-state index >= 15 is 0 Å². The van der Waals surface area contributed by atoms with Gasteiger partial charge >= 0.3 is 5.97 Å². The van der Waals surface area contributed by atoms with Crippen LogP contribution in [0.25, 0.3) is 6.08 Å². The Balaban J connectivity index is 1.53. The first-order chi connectivity index (χ1) is 15.5. The standard InChI is InChI=1S/C25H25NO4S2/c1-16-8-6-7-11-19(16)24(28)30-20-13-12-17(14-21(20)29-2)15-22-23(27)26(25(31)32-22)18-9-4-3-5-10-18/h6-8,11-15,18H,3-5,9-10H2,1-2H3/b22-15-. The number of ether oxygens (including phenoxy) is 2. The molecule has 2 aliphatic rings. The van der Waals surface area contributed by atoms with Crippen molar-refractivity contribution < 1.29 is 19.1 Å². The molecule has 2 aromatic carbocycles. The summed E-state index contributed by atoms with van der Waals surface area (Å²) in [6.07, 6.45) is 7.34. The van der Waals surface area contributed by atoms with Gasteiger partial charge < -0.3 is 9.47 Å². The molecule has 4 rings (SSSR count). The van der Waals surface area contributed by atoms with Crippen LogP contribution < -0.4 is 9.47 Å². The summed E-state index contributed by atoms with van der Waals surface area (Å²) in [5.41, 5.74) is 2.12. The minimum atomic E-state index is -0.442. The van der Waals surface area contributed by atoms with Crippen molar-refractivity contribution in [3.63, 3.8) is 0 Å². The third kappa shape index (κ3) is 4.74. The zero-order valence-electron chi connectivity index (χ0n) is 18.1. The monoisotopic (exact) mass is 467 g/mol. The molecule has 0 radical (unpaired) electrons. The topological polar surface area (TPSA) is 55.8 Å². The van der Waals surface area contributed by atoms with Crippen LogP contribution in [0.3, 0.4) is 0 Å². The number of thiocarbonyl (C=S) groups is 1. The average Bonchev–Trinajstić information content (AvgIpc) is 3.08. The third-order valence-electron chi connectivity index (χ3n) is 5.82. The molecule has 1 aliphatic heterocycles. The molecule has 0 N–H and O–H groups in total. The van der Waals surface area contributed by atoms with Gasteiger partial charge in [0.15, 0.2) is 11.5 Å². The lowest BCUT2D eigenvalue weighted by atomic mass is 9.94. The van der Waals surface area contributed by atoms with E-state index in [-0.39, 0.29) is 11.9 Å². The lowest BCUT2D eigenvalue weighted by Crippen LogP contribution is -2.39. The Morgan fingerprint density at radius 3 is 2.59 bits per heavy atom. The smallest absolute Gasteiger partial charge is 0.343 e. The van der Waals surface area contributed by atoms with Crippen LogP contribution in [0.5, 0.6) is 11.5 Å². The summed E-state index contributed by atoms with van der Waals surface area (Å²) in [6, 6.07) is 12.7. The number of hydrogen-bond donors (Lipinski definition) is 0. The number of hydrogen-bond acceptors (Lipinski definition) is 6. The van der Waals surface area contributed by atoms with Crippen molar-refractivity contribution in [2.45, 2.75) is 45.1 Å². The van der Waals surface area contributed by atoms with E-state index in [0.29, 0.717) is 26.3 Å². The summed E-state index contributed by atoms with van der Waals surface area (Å²) in [5.74, 6) is 0.277. The lowest BCUT2D eigenvalue weighted by molar-refractivity contribution is -0.124. The summed E-state index contributed by atoms with van der Waals surface area (Å²) < 4.78 is 11.7. The highest BCUT2D eigenvalue weighted by atomic mass is 32.2. The SMILES string of the molecule is COc1cc(/C=C2\SC(=S)N(C3CCCCC3)C2=O)ccc1OC(=O)c1ccccc1C. The molecular weight excluding hydrogens is 442 g/mol. The highest BCUT2D eigenvalue weighted by Gasteiger charge is 2.37. The van der Waals surface area contributed by atoms with Gasteiger partial charge in [-0.05, 0) is 55.2 Å². The van der Waals surface area contributed by atoms with Gasteiger partial charge in [0.1, 0.15) is 4.32 Å². The highest BCUT2D eigenvalue weighted by molar-refractivity contribution is 8.26. The van der Waals surface area contributed by atoms with Crippen LogP contribution in [-0.4, -0.2) is 34.2 Å². The Bertz CT molecular complexity index is 1090. The second-order valence-corrected chi connectivity index (χ2v) is 9.63. The Morgan fingerprint density at radius 2 is 1.88 bits per heavy atom. The predicted octanol–water partition coefficient (Wildman–Crippen LogP) is 5.76. The van der Waals surface area contributed by atoms with Gasteiger partial charge in [0.05, 0.1) is 17.6 Å². The van der Waals surface area contributed by atoms with E-state index in [9.17, 15) is 9.59 Å². The molecule has 0 aromatic heterocycles. The van der Waals surface area contributed by atoms with Crippen molar-refractivity contribution in [2.24, 2.45) is 0 Å².